The van der Waals surface area contributed by atoms with E-state index in [1.165, 1.54) is 0 Å². The lowest BCUT2D eigenvalue weighted by molar-refractivity contribution is 0.976. The summed E-state index contributed by atoms with van der Waals surface area (Å²) in [5, 5.41) is 0. The molecule has 4 nitrogen and oxygen atoms in total. The molecule has 0 N–H and O–H groups in total. The summed E-state index contributed by atoms with van der Waals surface area (Å²) in [7, 11) is 0. The third-order valence-electron chi connectivity index (χ3n) is 4.20. The predicted molar refractivity (Wildman–Crippen MR) is 121 cm³/mol. The van der Waals surface area contributed by atoms with Gasteiger partial charge in [-0.2, -0.15) is 0 Å². The number of nitrogens with zero attached hydrogens (tertiary/aromatic N) is 2. The first-order valence-corrected chi connectivity index (χ1v) is 9.84. The maximum Gasteiger partial charge on any atom is 0.255 e. The Kier molecular flexibility index (Phi) is 6.17. The zero-order valence-corrected chi connectivity index (χ0v) is 17.8. The van der Waals surface area contributed by atoms with Crippen molar-refractivity contribution in [3.63, 3.8) is 0 Å². The molecule has 29 heavy (non-hydrogen) atoms. The average Bonchev–Trinajstić information content (AvgIpc) is 2.73. The highest BCUT2D eigenvalue weighted by Crippen LogP contribution is 2.13. The Labute approximate surface area is 179 Å². The molecule has 146 valence electrons. The van der Waals surface area contributed by atoms with Crippen molar-refractivity contribution in [1.29, 1.82) is 0 Å². The van der Waals surface area contributed by atoms with Crippen LogP contribution in [0.4, 0.5) is 0 Å². The van der Waals surface area contributed by atoms with E-state index in [4.69, 9.17) is 1.37 Å². The molecule has 4 aromatic rings. The highest BCUT2D eigenvalue weighted by atomic mass is 79.9. The molecule has 0 fully saturated rings. The predicted octanol–water partition coefficient (Wildman–Crippen LogP) is 5.05. The van der Waals surface area contributed by atoms with E-state index in [0.717, 1.165) is 27.0 Å². The first-order valence-electron chi connectivity index (χ1n) is 9.55. The molecule has 0 amide bonds. The van der Waals surface area contributed by atoms with Crippen molar-refractivity contribution in [3.8, 4) is 11.4 Å². The molecule has 4 rings (SSSR count). The van der Waals surface area contributed by atoms with Crippen LogP contribution in [0, 0.1) is 13.8 Å². The number of hydrogen-bond donors (Lipinski definition) is 0. The fourth-order valence-corrected chi connectivity index (χ4v) is 2.99. The van der Waals surface area contributed by atoms with Crippen LogP contribution in [-0.4, -0.2) is 9.13 Å². The van der Waals surface area contributed by atoms with Crippen molar-refractivity contribution in [2.24, 2.45) is 0 Å². The normalized spacial score (nSPS) is 10.7. The van der Waals surface area contributed by atoms with Gasteiger partial charge in [0.25, 0.3) is 11.1 Å². The summed E-state index contributed by atoms with van der Waals surface area (Å²) >= 11 is 3.36. The smallest absolute Gasteiger partial charge is 0.255 e. The molecule has 2 aromatic heterocycles. The van der Waals surface area contributed by atoms with Gasteiger partial charge in [-0.3, -0.25) is 18.7 Å². The number of pyridine rings is 2. The lowest BCUT2D eigenvalue weighted by Crippen LogP contribution is -2.16. The quantitative estimate of drug-likeness (QED) is 0.428. The van der Waals surface area contributed by atoms with Gasteiger partial charge in [-0.15, -0.1) is 0 Å². The molecule has 0 radical (unpaired) electrons. The summed E-state index contributed by atoms with van der Waals surface area (Å²) in [5.74, 6) is 0. The molecule has 0 aliphatic rings. The number of hydrogen-bond acceptors (Lipinski definition) is 2. The number of para-hydroxylation sites is 1. The number of benzene rings is 2. The van der Waals surface area contributed by atoms with E-state index in [-0.39, 0.29) is 11.1 Å². The minimum atomic E-state index is -0.0571. The average molecular weight is 451 g/mol. The fourth-order valence-electron chi connectivity index (χ4n) is 2.73. The van der Waals surface area contributed by atoms with Crippen molar-refractivity contribution >= 4 is 15.9 Å². The van der Waals surface area contributed by atoms with Gasteiger partial charge in [0.15, 0.2) is 0 Å². The topological polar surface area (TPSA) is 44.0 Å². The SMILES string of the molecule is Cc1ccc(=O)n(-c2ccc(Br)cc2)c1.[3H]c1ccc(-n2cc(C)ccc2=O)cc1. The van der Waals surface area contributed by atoms with E-state index < -0.39 is 0 Å². The molecule has 0 aliphatic carbocycles. The number of rotatable bonds is 2. The van der Waals surface area contributed by atoms with Crippen LogP contribution in [0.5, 0.6) is 0 Å². The van der Waals surface area contributed by atoms with Gasteiger partial charge in [-0.25, -0.2) is 0 Å². The Morgan fingerprint density at radius 3 is 1.62 bits per heavy atom. The maximum atomic E-state index is 11.6. The fraction of sp³-hybridized carbons (Fsp3) is 0.0833. The Morgan fingerprint density at radius 2 is 1.14 bits per heavy atom. The largest absolute Gasteiger partial charge is 0.284 e. The molecule has 0 bridgehead atoms. The third-order valence-corrected chi connectivity index (χ3v) is 4.73. The van der Waals surface area contributed by atoms with Crippen LogP contribution < -0.4 is 11.1 Å². The van der Waals surface area contributed by atoms with Crippen LogP contribution in [0.2, 0.25) is 0 Å². The molecule has 0 unspecified atom stereocenters. The Bertz CT molecular complexity index is 1160. The molecule has 0 saturated carbocycles. The van der Waals surface area contributed by atoms with Crippen LogP contribution in [-0.2, 0) is 0 Å². The summed E-state index contributed by atoms with van der Waals surface area (Å²) in [6.07, 6.45) is 3.63. The second-order valence-corrected chi connectivity index (χ2v) is 7.48. The molecule has 0 atom stereocenters. The molecular weight excluding hydrogens is 428 g/mol. The number of halogens is 1. The summed E-state index contributed by atoms with van der Waals surface area (Å²) in [6.45, 7) is 3.91. The summed E-state index contributed by atoms with van der Waals surface area (Å²) in [5.41, 5.74) is 3.70. The third kappa shape index (κ3) is 5.42. The van der Waals surface area contributed by atoms with Gasteiger partial charge in [0.2, 0.25) is 0 Å². The number of aryl methyl sites for hydroxylation is 2. The van der Waals surface area contributed by atoms with E-state index in [9.17, 15) is 9.59 Å². The highest BCUT2D eigenvalue weighted by molar-refractivity contribution is 9.10. The van der Waals surface area contributed by atoms with Crippen molar-refractivity contribution in [1.82, 2.24) is 9.13 Å². The van der Waals surface area contributed by atoms with Gasteiger partial charge in [-0.05, 0) is 61.4 Å². The molecular formula is C24H21BrN2O2. The van der Waals surface area contributed by atoms with Crippen LogP contribution in [0.15, 0.2) is 105 Å². The number of aromatic nitrogens is 2. The second-order valence-electron chi connectivity index (χ2n) is 6.56. The van der Waals surface area contributed by atoms with E-state index in [1.807, 2.05) is 50.4 Å². The molecule has 5 heteroatoms. The summed E-state index contributed by atoms with van der Waals surface area (Å²) < 4.78 is 11.6. The lowest BCUT2D eigenvalue weighted by Gasteiger charge is -2.06. The van der Waals surface area contributed by atoms with Gasteiger partial charge in [0.05, 0.1) is 1.37 Å². The van der Waals surface area contributed by atoms with Crippen LogP contribution in [0.3, 0.4) is 0 Å². The zero-order chi connectivity index (χ0) is 21.7. The Hall–Kier alpha value is -3.18. The first kappa shape index (κ1) is 19.2. The minimum Gasteiger partial charge on any atom is -0.284 e. The summed E-state index contributed by atoms with van der Waals surface area (Å²) in [4.78, 5) is 23.2. The maximum absolute atomic E-state index is 11.6. The Morgan fingerprint density at radius 1 is 0.690 bits per heavy atom. The van der Waals surface area contributed by atoms with Crippen molar-refractivity contribution in [2.75, 3.05) is 0 Å². The van der Waals surface area contributed by atoms with Gasteiger partial charge in [0.1, 0.15) is 0 Å². The van der Waals surface area contributed by atoms with Gasteiger partial charge < -0.3 is 0 Å². The molecule has 0 spiro atoms. The Balaban J connectivity index is 0.000000171. The van der Waals surface area contributed by atoms with Crippen LogP contribution in [0.25, 0.3) is 11.4 Å². The van der Waals surface area contributed by atoms with E-state index in [0.29, 0.717) is 6.04 Å². The summed E-state index contributed by atoms with van der Waals surface area (Å²) in [6, 6.07) is 21.7. The van der Waals surface area contributed by atoms with Crippen molar-refractivity contribution < 1.29 is 1.37 Å². The van der Waals surface area contributed by atoms with Crippen molar-refractivity contribution in [3.05, 3.63) is 128 Å². The van der Waals surface area contributed by atoms with Gasteiger partial charge in [-0.1, -0.05) is 46.2 Å². The van der Waals surface area contributed by atoms with Gasteiger partial charge >= 0.3 is 0 Å². The molecule has 0 aliphatic heterocycles. The minimum absolute atomic E-state index is 0.0112. The lowest BCUT2D eigenvalue weighted by atomic mass is 10.3. The van der Waals surface area contributed by atoms with E-state index in [1.54, 1.807) is 57.8 Å². The first-order chi connectivity index (χ1) is 14.3. The highest BCUT2D eigenvalue weighted by Gasteiger charge is 1.99. The van der Waals surface area contributed by atoms with E-state index in [2.05, 4.69) is 15.9 Å². The monoisotopic (exact) mass is 450 g/mol. The van der Waals surface area contributed by atoms with E-state index >= 15 is 0 Å². The van der Waals surface area contributed by atoms with Crippen LogP contribution >= 0.6 is 15.9 Å². The van der Waals surface area contributed by atoms with Gasteiger partial charge in [0, 0.05) is 40.4 Å². The van der Waals surface area contributed by atoms with Crippen molar-refractivity contribution in [2.45, 2.75) is 13.8 Å². The standard InChI is InChI=1S/C12H10BrNO.C12H11NO/c1-9-2-7-12(15)14(8-9)11-5-3-10(13)4-6-11;1-10-7-8-12(14)13(9-10)11-5-3-2-4-6-11/h2-8H,1H3;2-9H,1H3/i;2T. The molecule has 2 heterocycles. The van der Waals surface area contributed by atoms with Crippen LogP contribution in [0.1, 0.15) is 12.5 Å². The molecule has 0 saturated heterocycles. The molecule has 2 aromatic carbocycles. The second kappa shape index (κ2) is 9.34. The zero-order valence-electron chi connectivity index (χ0n) is 17.2.